The lowest BCUT2D eigenvalue weighted by Gasteiger charge is -2.39. The van der Waals surface area contributed by atoms with Crippen molar-refractivity contribution in [3.05, 3.63) is 35.5 Å². The van der Waals surface area contributed by atoms with E-state index in [9.17, 15) is 19.5 Å². The molecule has 12 heteroatoms. The number of β-lactam (4-membered cyclic amide) rings is 1. The summed E-state index contributed by atoms with van der Waals surface area (Å²) in [6, 6.07) is 7.19. The van der Waals surface area contributed by atoms with Gasteiger partial charge >= 0.3 is 5.97 Å². The van der Waals surface area contributed by atoms with Gasteiger partial charge in [-0.05, 0) is 35.1 Å². The number of aliphatic carboxylic acids is 1. The highest BCUT2D eigenvalue weighted by Gasteiger charge is 2.41. The second-order valence-corrected chi connectivity index (χ2v) is 7.53. The SMILES string of the molecule is CC(=O)NC1CN(C(C(=O)O)=C(C)CSc2nnnn2C)C1=O.c1cc2cc(c1)O2. The number of aromatic nitrogens is 4. The van der Waals surface area contributed by atoms with Crippen molar-refractivity contribution in [1.29, 1.82) is 0 Å². The van der Waals surface area contributed by atoms with Crippen molar-refractivity contribution in [3.63, 3.8) is 0 Å². The first kappa shape index (κ1) is 21.3. The highest BCUT2D eigenvalue weighted by molar-refractivity contribution is 7.99. The predicted octanol–water partition coefficient (Wildman–Crippen LogP) is 0.800. The van der Waals surface area contributed by atoms with Crippen LogP contribution >= 0.6 is 11.8 Å². The van der Waals surface area contributed by atoms with Crippen LogP contribution in [-0.4, -0.2) is 66.3 Å². The molecule has 0 saturated carbocycles. The van der Waals surface area contributed by atoms with Crippen LogP contribution in [0.2, 0.25) is 0 Å². The molecule has 30 heavy (non-hydrogen) atoms. The van der Waals surface area contributed by atoms with Gasteiger partial charge < -0.3 is 20.1 Å². The van der Waals surface area contributed by atoms with Gasteiger partial charge in [-0.15, -0.1) is 5.10 Å². The van der Waals surface area contributed by atoms with Crippen LogP contribution in [0.3, 0.4) is 0 Å². The Labute approximate surface area is 176 Å². The summed E-state index contributed by atoms with van der Waals surface area (Å²) >= 11 is 1.27. The summed E-state index contributed by atoms with van der Waals surface area (Å²) < 4.78 is 6.48. The minimum Gasteiger partial charge on any atom is -0.477 e. The van der Waals surface area contributed by atoms with Crippen LogP contribution < -0.4 is 10.1 Å². The average Bonchev–Trinajstić information content (AvgIpc) is 3.10. The Kier molecular flexibility index (Phi) is 6.35. The van der Waals surface area contributed by atoms with E-state index in [1.807, 2.05) is 24.3 Å². The third-order valence-corrected chi connectivity index (χ3v) is 5.41. The van der Waals surface area contributed by atoms with E-state index in [2.05, 4.69) is 20.8 Å². The zero-order valence-electron chi connectivity index (χ0n) is 16.5. The molecule has 158 valence electrons. The molecule has 2 bridgehead atoms. The van der Waals surface area contributed by atoms with Crippen molar-refractivity contribution in [1.82, 2.24) is 30.4 Å². The summed E-state index contributed by atoms with van der Waals surface area (Å²) in [5.41, 5.74) is 0.444. The quantitative estimate of drug-likeness (QED) is 0.329. The highest BCUT2D eigenvalue weighted by atomic mass is 32.2. The van der Waals surface area contributed by atoms with E-state index in [1.165, 1.54) is 23.4 Å². The van der Waals surface area contributed by atoms with Crippen LogP contribution in [0.15, 0.2) is 40.7 Å². The molecular weight excluding hydrogens is 412 g/mol. The Morgan fingerprint density at radius 1 is 1.33 bits per heavy atom. The van der Waals surface area contributed by atoms with Crippen molar-refractivity contribution in [2.75, 3.05) is 12.3 Å². The number of aryl methyl sites for hydroxylation is 1. The van der Waals surface area contributed by atoms with Crippen LogP contribution in [-0.2, 0) is 21.4 Å². The normalized spacial score (nSPS) is 16.8. The average molecular weight is 432 g/mol. The lowest BCUT2D eigenvalue weighted by molar-refractivity contribution is -0.148. The zero-order valence-corrected chi connectivity index (χ0v) is 17.3. The van der Waals surface area contributed by atoms with E-state index in [-0.39, 0.29) is 18.1 Å². The maximum atomic E-state index is 12.0. The number of likely N-dealkylation sites (tertiary alicyclic amines) is 1. The second kappa shape index (κ2) is 8.95. The molecule has 4 heterocycles. The van der Waals surface area contributed by atoms with Gasteiger partial charge in [0.2, 0.25) is 11.1 Å². The summed E-state index contributed by atoms with van der Waals surface area (Å²) in [7, 11) is 1.68. The molecule has 0 spiro atoms. The lowest BCUT2D eigenvalue weighted by atomic mass is 10.0. The fraction of sp³-hybridized carbons (Fsp3) is 0.333. The number of carboxylic acids is 1. The first-order chi connectivity index (χ1) is 14.3. The molecule has 3 aliphatic rings. The van der Waals surface area contributed by atoms with Gasteiger partial charge in [0, 0.05) is 25.8 Å². The number of tetrazole rings is 1. The van der Waals surface area contributed by atoms with Crippen molar-refractivity contribution in [2.24, 2.45) is 7.05 Å². The van der Waals surface area contributed by atoms with E-state index in [0.29, 0.717) is 16.5 Å². The summed E-state index contributed by atoms with van der Waals surface area (Å²) in [4.78, 5) is 35.6. The Balaban J connectivity index is 0.000000302. The molecule has 2 amide bonds. The zero-order chi connectivity index (χ0) is 21.8. The molecular formula is C18H20N6O5S. The number of amides is 2. The number of hydrogen-bond acceptors (Lipinski definition) is 8. The van der Waals surface area contributed by atoms with Crippen LogP contribution in [0.25, 0.3) is 0 Å². The maximum Gasteiger partial charge on any atom is 0.352 e. The Bertz CT molecular complexity index is 995. The molecule has 1 atom stereocenters. The summed E-state index contributed by atoms with van der Waals surface area (Å²) in [5.74, 6) is 0.349. The summed E-state index contributed by atoms with van der Waals surface area (Å²) in [5, 5.41) is 23.4. The fourth-order valence-electron chi connectivity index (χ4n) is 2.77. The number of carbonyl (C=O) groups excluding carboxylic acids is 2. The monoisotopic (exact) mass is 432 g/mol. The molecule has 1 aromatic carbocycles. The van der Waals surface area contributed by atoms with E-state index >= 15 is 0 Å². The fourth-order valence-corrected chi connectivity index (χ4v) is 3.57. The third-order valence-electron chi connectivity index (χ3n) is 4.22. The highest BCUT2D eigenvalue weighted by Crippen LogP contribution is 2.33. The van der Waals surface area contributed by atoms with E-state index < -0.39 is 17.9 Å². The first-order valence-corrected chi connectivity index (χ1v) is 9.89. The molecule has 0 aliphatic carbocycles. The number of nitrogens with one attached hydrogen (secondary N) is 1. The van der Waals surface area contributed by atoms with Crippen molar-refractivity contribution in [2.45, 2.75) is 25.0 Å². The van der Waals surface area contributed by atoms with Gasteiger partial charge in [-0.25, -0.2) is 9.48 Å². The van der Waals surface area contributed by atoms with Crippen LogP contribution in [0.4, 0.5) is 0 Å². The number of thioether (sulfide) groups is 1. The minimum atomic E-state index is -1.19. The van der Waals surface area contributed by atoms with Gasteiger partial charge in [0.05, 0.1) is 6.54 Å². The molecule has 5 rings (SSSR count). The van der Waals surface area contributed by atoms with Crippen LogP contribution in [0, 0.1) is 0 Å². The molecule has 11 nitrogen and oxygen atoms in total. The van der Waals surface area contributed by atoms with Crippen molar-refractivity contribution in [3.8, 4) is 11.5 Å². The number of rotatable bonds is 6. The molecule has 0 radical (unpaired) electrons. The summed E-state index contributed by atoms with van der Waals surface area (Å²) in [6.07, 6.45) is 0. The largest absolute Gasteiger partial charge is 0.477 e. The Hall–Kier alpha value is -3.41. The third kappa shape index (κ3) is 4.76. The van der Waals surface area contributed by atoms with E-state index in [4.69, 9.17) is 4.74 Å². The van der Waals surface area contributed by atoms with Gasteiger partial charge in [0.25, 0.3) is 5.91 Å². The number of nitrogens with zero attached hydrogens (tertiary/aromatic N) is 5. The molecule has 2 aromatic rings. The van der Waals surface area contributed by atoms with Gasteiger partial charge in [-0.2, -0.15) is 0 Å². The van der Waals surface area contributed by atoms with Crippen molar-refractivity contribution < 1.29 is 24.2 Å². The van der Waals surface area contributed by atoms with Gasteiger partial charge in [0.1, 0.15) is 23.2 Å². The molecule has 3 aliphatic heterocycles. The number of ether oxygens (including phenoxy) is 1. The molecule has 2 N–H and O–H groups in total. The van der Waals surface area contributed by atoms with E-state index in [0.717, 1.165) is 16.4 Å². The Morgan fingerprint density at radius 2 is 2.00 bits per heavy atom. The number of benzene rings is 1. The van der Waals surface area contributed by atoms with E-state index in [1.54, 1.807) is 14.0 Å². The molecule has 1 fully saturated rings. The molecule has 1 aromatic heterocycles. The predicted molar refractivity (Wildman–Crippen MR) is 106 cm³/mol. The standard InChI is InChI=1S/C12H16N6O4S.C6H4O/c1-6(5-23-12-14-15-16-17(12)3)9(11(21)22)18-4-8(10(18)20)13-7(2)19;1-2-5-4-6(3-1)7-5/h8H,4-5H2,1-3H3,(H,13,19)(H,21,22);1-4H. The number of hydrogen-bond donors (Lipinski definition) is 2. The topological polar surface area (TPSA) is 140 Å². The first-order valence-electron chi connectivity index (χ1n) is 8.91. The molecule has 1 unspecified atom stereocenters. The summed E-state index contributed by atoms with van der Waals surface area (Å²) in [6.45, 7) is 3.09. The number of fused-ring (bicyclic) bond motifs is 2. The smallest absolute Gasteiger partial charge is 0.352 e. The maximum absolute atomic E-state index is 12.0. The van der Waals surface area contributed by atoms with Crippen LogP contribution in [0.5, 0.6) is 11.5 Å². The lowest BCUT2D eigenvalue weighted by Crippen LogP contribution is -2.63. The minimum absolute atomic E-state index is 0.0702. The van der Waals surface area contributed by atoms with Crippen LogP contribution in [0.1, 0.15) is 13.8 Å². The Morgan fingerprint density at radius 3 is 2.40 bits per heavy atom. The van der Waals surface area contributed by atoms with Gasteiger partial charge in [-0.1, -0.05) is 17.8 Å². The van der Waals surface area contributed by atoms with Gasteiger partial charge in [0.15, 0.2) is 0 Å². The number of carbonyl (C=O) groups is 3. The number of carboxylic acid groups (broad SMARTS) is 1. The van der Waals surface area contributed by atoms with Crippen molar-refractivity contribution >= 4 is 29.5 Å². The second-order valence-electron chi connectivity index (χ2n) is 6.59. The van der Waals surface area contributed by atoms with Gasteiger partial charge in [-0.3, -0.25) is 9.59 Å². The molecule has 1 saturated heterocycles.